The van der Waals surface area contributed by atoms with Gasteiger partial charge in [0.25, 0.3) is 0 Å². The summed E-state index contributed by atoms with van der Waals surface area (Å²) in [7, 11) is 0. The lowest BCUT2D eigenvalue weighted by Gasteiger charge is -2.12. The monoisotopic (exact) mass is 400 g/mol. The van der Waals surface area contributed by atoms with Gasteiger partial charge in [-0.15, -0.1) is 0 Å². The van der Waals surface area contributed by atoms with Gasteiger partial charge in [-0.25, -0.2) is 10.1 Å². The molecular weight excluding hydrogens is 392 g/mol. The first kappa shape index (κ1) is 19.7. The Bertz CT molecular complexity index is 961. The van der Waals surface area contributed by atoms with Crippen LogP contribution in [-0.4, -0.2) is 38.9 Å². The lowest BCUT2D eigenvalue weighted by atomic mass is 10.5. The van der Waals surface area contributed by atoms with Gasteiger partial charge in [0, 0.05) is 12.1 Å². The molecule has 0 radical (unpaired) electrons. The van der Waals surface area contributed by atoms with E-state index in [1.165, 1.54) is 0 Å². The molecule has 18 nitrogen and oxygen atoms in total. The van der Waals surface area contributed by atoms with Crippen molar-refractivity contribution in [3.8, 4) is 0 Å². The number of rotatable bonds is 9. The fraction of sp³-hybridized carbons (Fsp3) is 0.200. The van der Waals surface area contributed by atoms with Crippen LogP contribution in [0.3, 0.4) is 0 Å². The summed E-state index contributed by atoms with van der Waals surface area (Å²) in [5.74, 6) is -2.51. The van der Waals surface area contributed by atoms with Gasteiger partial charge in [0.2, 0.25) is 13.3 Å². The Morgan fingerprint density at radius 2 is 1.25 bits per heavy atom. The Morgan fingerprint density at radius 3 is 1.64 bits per heavy atom. The van der Waals surface area contributed by atoms with Crippen molar-refractivity contribution in [2.45, 2.75) is 13.3 Å². The highest BCUT2D eigenvalue weighted by molar-refractivity contribution is 5.39. The maximum absolute atomic E-state index is 11.3. The zero-order valence-electron chi connectivity index (χ0n) is 13.4. The van der Waals surface area contributed by atoms with Crippen LogP contribution < -0.4 is 0 Å². The fourth-order valence-corrected chi connectivity index (χ4v) is 2.25. The van der Waals surface area contributed by atoms with Gasteiger partial charge in [-0.05, 0) is 19.8 Å². The van der Waals surface area contributed by atoms with Crippen LogP contribution in [0, 0.1) is 50.6 Å². The molecule has 0 aliphatic rings. The van der Waals surface area contributed by atoms with Gasteiger partial charge in [0.1, 0.15) is 6.07 Å². The topological polar surface area (TPSA) is 229 Å². The van der Waals surface area contributed by atoms with Crippen molar-refractivity contribution in [1.82, 2.24) is 14.1 Å². The van der Waals surface area contributed by atoms with E-state index in [2.05, 4.69) is 0 Å². The SMILES string of the molecule is O=[N+]([O-])c1cc([N+](=O)[O-])n(CN(Cn2c([N+](=O)[O-])ccc2[N+](=O)[O-])[N+](=O)[O-])c1. The van der Waals surface area contributed by atoms with Crippen molar-refractivity contribution in [3.05, 3.63) is 75.0 Å². The van der Waals surface area contributed by atoms with E-state index in [0.717, 1.165) is 12.1 Å². The number of aromatic nitrogens is 2. The summed E-state index contributed by atoms with van der Waals surface area (Å²) in [6, 6.07) is 2.09. The molecule has 2 heterocycles. The molecule has 2 rings (SSSR count). The third-order valence-corrected chi connectivity index (χ3v) is 3.42. The van der Waals surface area contributed by atoms with Gasteiger partial charge < -0.3 is 30.3 Å². The highest BCUT2D eigenvalue weighted by Crippen LogP contribution is 2.26. The third kappa shape index (κ3) is 3.79. The number of nitro groups is 5. The average Bonchev–Trinajstić information content (AvgIpc) is 3.18. The van der Waals surface area contributed by atoms with E-state index >= 15 is 0 Å². The van der Waals surface area contributed by atoms with Crippen molar-refractivity contribution in [1.29, 1.82) is 0 Å². The third-order valence-electron chi connectivity index (χ3n) is 3.42. The highest BCUT2D eigenvalue weighted by Gasteiger charge is 2.32. The first-order chi connectivity index (χ1) is 13.0. The van der Waals surface area contributed by atoms with Crippen LogP contribution in [0.25, 0.3) is 0 Å². The second kappa shape index (κ2) is 7.31. The molecule has 0 atom stereocenters. The number of hydrazine groups is 1. The van der Waals surface area contributed by atoms with Crippen molar-refractivity contribution in [3.63, 3.8) is 0 Å². The van der Waals surface area contributed by atoms with Crippen LogP contribution in [0.2, 0.25) is 0 Å². The molecule has 0 saturated carbocycles. The molecule has 0 bridgehead atoms. The number of hydrogen-bond donors (Lipinski definition) is 0. The van der Waals surface area contributed by atoms with Crippen LogP contribution in [0.5, 0.6) is 0 Å². The minimum atomic E-state index is -1.11. The summed E-state index contributed by atoms with van der Waals surface area (Å²) in [5.41, 5.74) is -0.715. The van der Waals surface area contributed by atoms with Crippen molar-refractivity contribution in [2.24, 2.45) is 0 Å². The van der Waals surface area contributed by atoms with Crippen molar-refractivity contribution in [2.75, 3.05) is 0 Å². The van der Waals surface area contributed by atoms with E-state index in [-0.39, 0.29) is 5.01 Å². The first-order valence-electron chi connectivity index (χ1n) is 6.89. The largest absolute Gasteiger partial charge is 0.358 e. The van der Waals surface area contributed by atoms with Crippen LogP contribution in [0.15, 0.2) is 24.4 Å². The summed E-state index contributed by atoms with van der Waals surface area (Å²) in [6.45, 7) is -1.99. The predicted octanol–water partition coefficient (Wildman–Crippen LogP) is 1.03. The molecule has 0 unspecified atom stereocenters. The average molecular weight is 400 g/mol. The Kier molecular flexibility index (Phi) is 5.14. The molecule has 0 saturated heterocycles. The van der Waals surface area contributed by atoms with Crippen LogP contribution in [0.4, 0.5) is 23.1 Å². The molecule has 0 spiro atoms. The smallest absolute Gasteiger partial charge is 0.331 e. The quantitative estimate of drug-likeness (QED) is 0.426. The highest BCUT2D eigenvalue weighted by atomic mass is 16.7. The van der Waals surface area contributed by atoms with E-state index < -0.39 is 61.2 Å². The molecule has 0 aromatic carbocycles. The first-order valence-corrected chi connectivity index (χ1v) is 6.89. The van der Waals surface area contributed by atoms with E-state index in [1.54, 1.807) is 0 Å². The Labute approximate surface area is 151 Å². The Hall–Kier alpha value is -4.64. The van der Waals surface area contributed by atoms with Gasteiger partial charge in [0.05, 0.1) is 4.92 Å². The van der Waals surface area contributed by atoms with E-state index in [4.69, 9.17) is 0 Å². The summed E-state index contributed by atoms with van der Waals surface area (Å²) in [6.07, 6.45) is 0.660. The van der Waals surface area contributed by atoms with Gasteiger partial charge >= 0.3 is 23.1 Å². The van der Waals surface area contributed by atoms with Crippen LogP contribution >= 0.6 is 0 Å². The molecule has 0 amide bonds. The second-order valence-corrected chi connectivity index (χ2v) is 5.06. The standard InChI is InChI=1S/C10H8N8O10/c19-14(20)7-3-10(17(25)26)11(4-7)5-12(18(27)28)6-13-8(15(21)22)1-2-9(13)16(23)24/h1-4H,5-6H2. The number of nitrogens with zero attached hydrogens (tertiary/aromatic N) is 8. The fourth-order valence-electron chi connectivity index (χ4n) is 2.25. The molecular formula is C10H8N8O10. The molecule has 2 aromatic rings. The molecule has 2 aromatic heterocycles. The molecule has 0 aliphatic carbocycles. The van der Waals surface area contributed by atoms with Gasteiger partial charge in [0.15, 0.2) is 11.2 Å². The zero-order valence-corrected chi connectivity index (χ0v) is 13.4. The minimum absolute atomic E-state index is 0.177. The van der Waals surface area contributed by atoms with Gasteiger partial charge in [-0.2, -0.15) is 9.13 Å². The normalized spacial score (nSPS) is 10.4. The van der Waals surface area contributed by atoms with E-state index in [9.17, 15) is 50.6 Å². The molecule has 148 valence electrons. The van der Waals surface area contributed by atoms with Crippen LogP contribution in [-0.2, 0) is 13.3 Å². The Morgan fingerprint density at radius 1 is 0.750 bits per heavy atom. The molecule has 28 heavy (non-hydrogen) atoms. The van der Waals surface area contributed by atoms with Gasteiger partial charge in [-0.3, -0.25) is 10.1 Å². The number of hydrogen-bond acceptors (Lipinski definition) is 10. The maximum Gasteiger partial charge on any atom is 0.331 e. The summed E-state index contributed by atoms with van der Waals surface area (Å²) in [4.78, 5) is 51.0. The summed E-state index contributed by atoms with van der Waals surface area (Å²) >= 11 is 0. The summed E-state index contributed by atoms with van der Waals surface area (Å²) < 4.78 is 0.967. The molecule has 0 N–H and O–H groups in total. The predicted molar refractivity (Wildman–Crippen MR) is 84.3 cm³/mol. The Balaban J connectivity index is 2.44. The van der Waals surface area contributed by atoms with E-state index in [1.807, 2.05) is 0 Å². The lowest BCUT2D eigenvalue weighted by molar-refractivity contribution is -0.671. The second-order valence-electron chi connectivity index (χ2n) is 5.06. The van der Waals surface area contributed by atoms with Crippen molar-refractivity contribution >= 4 is 23.1 Å². The summed E-state index contributed by atoms with van der Waals surface area (Å²) in [5, 5.41) is 54.1. The minimum Gasteiger partial charge on any atom is -0.358 e. The molecule has 18 heteroatoms. The molecule has 0 fully saturated rings. The lowest BCUT2D eigenvalue weighted by Crippen LogP contribution is -2.34. The zero-order chi connectivity index (χ0) is 21.2. The van der Waals surface area contributed by atoms with Gasteiger partial charge in [-0.1, -0.05) is 0 Å². The maximum atomic E-state index is 11.3. The van der Waals surface area contributed by atoms with Crippen LogP contribution in [0.1, 0.15) is 0 Å². The van der Waals surface area contributed by atoms with Crippen molar-refractivity contribution < 1.29 is 24.7 Å². The van der Waals surface area contributed by atoms with E-state index in [0.29, 0.717) is 21.4 Å². The molecule has 0 aliphatic heterocycles.